The van der Waals surface area contributed by atoms with Gasteiger partial charge in [0.1, 0.15) is 9.71 Å². The van der Waals surface area contributed by atoms with E-state index < -0.39 is 5.97 Å². The van der Waals surface area contributed by atoms with Crippen LogP contribution >= 0.6 is 11.3 Å². The van der Waals surface area contributed by atoms with Crippen LogP contribution in [-0.2, 0) is 6.54 Å². The Morgan fingerprint density at radius 1 is 1.25 bits per heavy atom. The van der Waals surface area contributed by atoms with Gasteiger partial charge in [-0.3, -0.25) is 0 Å². The molecule has 5 heteroatoms. The van der Waals surface area contributed by atoms with E-state index >= 15 is 0 Å². The summed E-state index contributed by atoms with van der Waals surface area (Å²) in [6.07, 6.45) is 1.67. The Balaban J connectivity index is 2.27. The third-order valence-electron chi connectivity index (χ3n) is 3.14. The Morgan fingerprint density at radius 3 is 2.65 bits per heavy atom. The number of nitrogens with zero attached hydrogens (tertiary/aromatic N) is 1. The maximum absolute atomic E-state index is 11.5. The number of rotatable bonds is 3. The van der Waals surface area contributed by atoms with E-state index in [0.717, 1.165) is 26.9 Å². The lowest BCUT2D eigenvalue weighted by Crippen LogP contribution is -1.97. The second-order valence-corrected chi connectivity index (χ2v) is 5.37. The van der Waals surface area contributed by atoms with Crippen molar-refractivity contribution in [2.45, 2.75) is 6.54 Å². The van der Waals surface area contributed by atoms with E-state index in [4.69, 9.17) is 5.73 Å². The van der Waals surface area contributed by atoms with Crippen LogP contribution in [0.4, 0.5) is 0 Å². The van der Waals surface area contributed by atoms with Crippen molar-refractivity contribution in [3.63, 3.8) is 0 Å². The molecule has 4 nitrogen and oxygen atoms in total. The quantitative estimate of drug-likeness (QED) is 0.774. The van der Waals surface area contributed by atoms with Crippen LogP contribution < -0.4 is 5.73 Å². The molecule has 0 fully saturated rings. The number of benzene rings is 1. The summed E-state index contributed by atoms with van der Waals surface area (Å²) < 4.78 is 0. The summed E-state index contributed by atoms with van der Waals surface area (Å²) in [4.78, 5) is 16.7. The van der Waals surface area contributed by atoms with Crippen molar-refractivity contribution in [1.82, 2.24) is 4.98 Å². The normalized spacial score (nSPS) is 10.8. The van der Waals surface area contributed by atoms with Gasteiger partial charge in [-0.05, 0) is 23.3 Å². The second-order valence-electron chi connectivity index (χ2n) is 4.37. The lowest BCUT2D eigenvalue weighted by molar-refractivity contribution is 0.0703. The number of thiophene rings is 1. The zero-order valence-electron chi connectivity index (χ0n) is 10.5. The van der Waals surface area contributed by atoms with Crippen LogP contribution in [0.5, 0.6) is 0 Å². The SMILES string of the molecule is NCc1ccc(-c2c(C(=O)O)sc3ncccc23)cc1. The van der Waals surface area contributed by atoms with Crippen molar-refractivity contribution in [3.05, 3.63) is 53.0 Å². The highest BCUT2D eigenvalue weighted by Gasteiger charge is 2.19. The second kappa shape index (κ2) is 5.03. The third-order valence-corrected chi connectivity index (χ3v) is 4.24. The smallest absolute Gasteiger partial charge is 0.346 e. The highest BCUT2D eigenvalue weighted by molar-refractivity contribution is 7.21. The summed E-state index contributed by atoms with van der Waals surface area (Å²) in [7, 11) is 0. The van der Waals surface area contributed by atoms with Crippen LogP contribution in [0.3, 0.4) is 0 Å². The fourth-order valence-electron chi connectivity index (χ4n) is 2.18. The molecule has 0 atom stereocenters. The zero-order valence-corrected chi connectivity index (χ0v) is 11.4. The van der Waals surface area contributed by atoms with E-state index in [2.05, 4.69) is 4.98 Å². The molecule has 0 bridgehead atoms. The van der Waals surface area contributed by atoms with Crippen molar-refractivity contribution in [3.8, 4) is 11.1 Å². The number of hydrogen-bond donors (Lipinski definition) is 2. The molecule has 0 radical (unpaired) electrons. The van der Waals surface area contributed by atoms with Crippen molar-refractivity contribution in [1.29, 1.82) is 0 Å². The van der Waals surface area contributed by atoms with Crippen LogP contribution in [0, 0.1) is 0 Å². The molecule has 100 valence electrons. The number of carbonyl (C=O) groups is 1. The Morgan fingerprint density at radius 2 is 2.00 bits per heavy atom. The van der Waals surface area contributed by atoms with Gasteiger partial charge < -0.3 is 10.8 Å². The van der Waals surface area contributed by atoms with Crippen LogP contribution in [0.1, 0.15) is 15.2 Å². The number of hydrogen-bond acceptors (Lipinski definition) is 4. The maximum Gasteiger partial charge on any atom is 0.346 e. The molecule has 0 saturated heterocycles. The Labute approximate surface area is 119 Å². The van der Waals surface area contributed by atoms with E-state index in [9.17, 15) is 9.90 Å². The van der Waals surface area contributed by atoms with Gasteiger partial charge in [0.15, 0.2) is 0 Å². The standard InChI is InChI=1S/C15H12N2O2S/c16-8-9-3-5-10(6-4-9)12-11-2-1-7-17-14(11)20-13(12)15(18)19/h1-7H,8,16H2,(H,18,19). The summed E-state index contributed by atoms with van der Waals surface area (Å²) in [6, 6.07) is 11.4. The molecule has 0 amide bonds. The summed E-state index contributed by atoms with van der Waals surface area (Å²) in [5.41, 5.74) is 8.21. The summed E-state index contributed by atoms with van der Waals surface area (Å²) in [5.74, 6) is -0.925. The fourth-order valence-corrected chi connectivity index (χ4v) is 3.18. The molecule has 0 aliphatic heterocycles. The number of carboxylic acid groups (broad SMARTS) is 1. The lowest BCUT2D eigenvalue weighted by atomic mass is 10.0. The minimum Gasteiger partial charge on any atom is -0.477 e. The predicted octanol–water partition coefficient (Wildman–Crippen LogP) is 3.12. The van der Waals surface area contributed by atoms with Gasteiger partial charge in [-0.2, -0.15) is 0 Å². The fraction of sp³-hybridized carbons (Fsp3) is 0.0667. The minimum absolute atomic E-state index is 0.319. The number of nitrogens with two attached hydrogens (primary N) is 1. The number of aromatic nitrogens is 1. The largest absolute Gasteiger partial charge is 0.477 e. The predicted molar refractivity (Wildman–Crippen MR) is 79.9 cm³/mol. The van der Waals surface area contributed by atoms with Crippen LogP contribution in [0.25, 0.3) is 21.3 Å². The molecule has 3 rings (SSSR count). The van der Waals surface area contributed by atoms with Gasteiger partial charge in [-0.1, -0.05) is 24.3 Å². The van der Waals surface area contributed by atoms with E-state index in [-0.39, 0.29) is 0 Å². The van der Waals surface area contributed by atoms with Gasteiger partial charge in [0.2, 0.25) is 0 Å². The van der Waals surface area contributed by atoms with Gasteiger partial charge in [-0.25, -0.2) is 9.78 Å². The molecule has 1 aromatic carbocycles. The molecule has 0 aliphatic rings. The number of carboxylic acids is 1. The minimum atomic E-state index is -0.925. The molecule has 3 aromatic rings. The molecular formula is C15H12N2O2S. The Hall–Kier alpha value is -2.24. The average molecular weight is 284 g/mol. The van der Waals surface area contributed by atoms with Gasteiger partial charge in [-0.15, -0.1) is 11.3 Å². The molecule has 3 N–H and O–H groups in total. The average Bonchev–Trinajstić information content (AvgIpc) is 2.87. The van der Waals surface area contributed by atoms with Crippen LogP contribution in [0.15, 0.2) is 42.6 Å². The number of pyridine rings is 1. The molecular weight excluding hydrogens is 272 g/mol. The first-order valence-electron chi connectivity index (χ1n) is 6.11. The number of fused-ring (bicyclic) bond motifs is 1. The molecule has 2 heterocycles. The van der Waals surface area contributed by atoms with E-state index in [1.165, 1.54) is 11.3 Å². The van der Waals surface area contributed by atoms with Gasteiger partial charge in [0.05, 0.1) is 0 Å². The van der Waals surface area contributed by atoms with Crippen molar-refractivity contribution < 1.29 is 9.90 Å². The summed E-state index contributed by atoms with van der Waals surface area (Å²) in [5, 5.41) is 10.3. The highest BCUT2D eigenvalue weighted by atomic mass is 32.1. The zero-order chi connectivity index (χ0) is 14.1. The van der Waals surface area contributed by atoms with Crippen molar-refractivity contribution >= 4 is 27.5 Å². The molecule has 0 aliphatic carbocycles. The van der Waals surface area contributed by atoms with Crippen molar-refractivity contribution in [2.75, 3.05) is 0 Å². The van der Waals surface area contributed by atoms with Gasteiger partial charge in [0.25, 0.3) is 0 Å². The summed E-state index contributed by atoms with van der Waals surface area (Å²) >= 11 is 1.20. The Bertz CT molecular complexity index is 778. The molecule has 0 saturated carbocycles. The topological polar surface area (TPSA) is 76.2 Å². The Kier molecular flexibility index (Phi) is 3.22. The van der Waals surface area contributed by atoms with Crippen LogP contribution in [-0.4, -0.2) is 16.1 Å². The molecule has 0 spiro atoms. The maximum atomic E-state index is 11.5. The first kappa shape index (κ1) is 12.8. The molecule has 20 heavy (non-hydrogen) atoms. The number of aromatic carboxylic acids is 1. The first-order chi connectivity index (χ1) is 9.70. The van der Waals surface area contributed by atoms with E-state index in [0.29, 0.717) is 11.4 Å². The van der Waals surface area contributed by atoms with Crippen LogP contribution in [0.2, 0.25) is 0 Å². The van der Waals surface area contributed by atoms with E-state index in [1.807, 2.05) is 36.4 Å². The lowest BCUT2D eigenvalue weighted by Gasteiger charge is -2.03. The molecule has 2 aromatic heterocycles. The summed E-state index contributed by atoms with van der Waals surface area (Å²) in [6.45, 7) is 0.470. The highest BCUT2D eigenvalue weighted by Crippen LogP contribution is 2.37. The molecule has 0 unspecified atom stereocenters. The first-order valence-corrected chi connectivity index (χ1v) is 6.92. The third kappa shape index (κ3) is 2.07. The van der Waals surface area contributed by atoms with E-state index in [1.54, 1.807) is 6.20 Å². The van der Waals surface area contributed by atoms with Gasteiger partial charge in [0, 0.05) is 23.7 Å². The van der Waals surface area contributed by atoms with Gasteiger partial charge >= 0.3 is 5.97 Å². The monoisotopic (exact) mass is 284 g/mol. The van der Waals surface area contributed by atoms with Crippen molar-refractivity contribution in [2.24, 2.45) is 5.73 Å².